The van der Waals surface area contributed by atoms with Crippen molar-refractivity contribution in [1.82, 2.24) is 0 Å². The van der Waals surface area contributed by atoms with Gasteiger partial charge >= 0.3 is 0 Å². The number of rotatable bonds is 6. The number of phenolic OH excluding ortho intramolecular Hbond substituents is 1. The fraction of sp³-hybridized carbons (Fsp3) is 0.538. The van der Waals surface area contributed by atoms with E-state index in [0.717, 1.165) is 12.0 Å². The normalized spacial score (nSPS) is 12.7. The van der Waals surface area contributed by atoms with E-state index in [2.05, 4.69) is 6.92 Å². The Morgan fingerprint density at radius 1 is 1.13 bits per heavy atom. The van der Waals surface area contributed by atoms with Gasteiger partial charge in [-0.25, -0.2) is 0 Å². The highest BCUT2D eigenvalue weighted by atomic mass is 16.3. The van der Waals surface area contributed by atoms with Gasteiger partial charge in [0.2, 0.25) is 0 Å². The highest BCUT2D eigenvalue weighted by Gasteiger charge is 2.04. The summed E-state index contributed by atoms with van der Waals surface area (Å²) in [6.07, 6.45) is 6.04. The molecule has 0 bridgehead atoms. The molecule has 0 fully saturated rings. The van der Waals surface area contributed by atoms with Gasteiger partial charge < -0.3 is 10.8 Å². The monoisotopic (exact) mass is 207 g/mol. The van der Waals surface area contributed by atoms with Crippen LogP contribution >= 0.6 is 0 Å². The van der Waals surface area contributed by atoms with Crippen molar-refractivity contribution in [2.75, 3.05) is 0 Å². The van der Waals surface area contributed by atoms with E-state index in [1.807, 2.05) is 12.1 Å². The Morgan fingerprint density at radius 2 is 1.80 bits per heavy atom. The first-order chi connectivity index (χ1) is 7.24. The van der Waals surface area contributed by atoms with Crippen molar-refractivity contribution in [3.8, 4) is 5.75 Å². The zero-order valence-electron chi connectivity index (χ0n) is 9.45. The zero-order valence-corrected chi connectivity index (χ0v) is 9.45. The zero-order chi connectivity index (χ0) is 11.1. The number of nitrogens with two attached hydrogens (primary N) is 1. The molecule has 0 unspecified atom stereocenters. The molecule has 1 aromatic rings. The van der Waals surface area contributed by atoms with Gasteiger partial charge in [0.1, 0.15) is 5.75 Å². The Bertz CT molecular complexity index is 268. The van der Waals surface area contributed by atoms with Gasteiger partial charge in [-0.3, -0.25) is 0 Å². The van der Waals surface area contributed by atoms with E-state index in [9.17, 15) is 0 Å². The smallest absolute Gasteiger partial charge is 0.115 e. The van der Waals surface area contributed by atoms with Gasteiger partial charge in [0, 0.05) is 6.04 Å². The maximum atomic E-state index is 9.14. The first-order valence-electron chi connectivity index (χ1n) is 5.78. The van der Waals surface area contributed by atoms with Crippen LogP contribution in [0.2, 0.25) is 0 Å². The summed E-state index contributed by atoms with van der Waals surface area (Å²) in [5, 5.41) is 9.14. The van der Waals surface area contributed by atoms with Gasteiger partial charge in [0.25, 0.3) is 0 Å². The standard InChI is InChI=1S/C13H21NO/c1-2-3-4-5-6-13(14)11-7-9-12(15)10-8-11/h7-10,13,15H,2-6,14H2,1H3/t13-/m1/s1. The van der Waals surface area contributed by atoms with E-state index in [4.69, 9.17) is 10.8 Å². The molecular formula is C13H21NO. The van der Waals surface area contributed by atoms with E-state index >= 15 is 0 Å². The average molecular weight is 207 g/mol. The molecule has 0 aromatic heterocycles. The summed E-state index contributed by atoms with van der Waals surface area (Å²) < 4.78 is 0. The number of hydrogen-bond donors (Lipinski definition) is 2. The van der Waals surface area contributed by atoms with Crippen molar-refractivity contribution >= 4 is 0 Å². The molecule has 2 heteroatoms. The van der Waals surface area contributed by atoms with Gasteiger partial charge in [-0.2, -0.15) is 0 Å². The van der Waals surface area contributed by atoms with Crippen LogP contribution in [0.4, 0.5) is 0 Å². The lowest BCUT2D eigenvalue weighted by Crippen LogP contribution is -2.09. The van der Waals surface area contributed by atoms with Crippen molar-refractivity contribution in [2.24, 2.45) is 5.73 Å². The van der Waals surface area contributed by atoms with Crippen molar-refractivity contribution < 1.29 is 5.11 Å². The lowest BCUT2D eigenvalue weighted by Gasteiger charge is -2.11. The van der Waals surface area contributed by atoms with Crippen LogP contribution in [0.15, 0.2) is 24.3 Å². The fourth-order valence-electron chi connectivity index (χ4n) is 1.68. The van der Waals surface area contributed by atoms with Gasteiger partial charge in [-0.15, -0.1) is 0 Å². The second-order valence-electron chi connectivity index (χ2n) is 4.05. The second-order valence-corrected chi connectivity index (χ2v) is 4.05. The topological polar surface area (TPSA) is 46.2 Å². The molecule has 15 heavy (non-hydrogen) atoms. The van der Waals surface area contributed by atoms with E-state index < -0.39 is 0 Å². The minimum Gasteiger partial charge on any atom is -0.508 e. The summed E-state index contributed by atoms with van der Waals surface area (Å²) in [6, 6.07) is 7.31. The fourth-order valence-corrected chi connectivity index (χ4v) is 1.68. The lowest BCUT2D eigenvalue weighted by atomic mass is 10.0. The Morgan fingerprint density at radius 3 is 2.40 bits per heavy atom. The summed E-state index contributed by atoms with van der Waals surface area (Å²) in [5.74, 6) is 0.303. The van der Waals surface area contributed by atoms with Crippen molar-refractivity contribution in [3.05, 3.63) is 29.8 Å². The first-order valence-corrected chi connectivity index (χ1v) is 5.78. The van der Waals surface area contributed by atoms with Crippen LogP contribution in [0, 0.1) is 0 Å². The second kappa shape index (κ2) is 6.46. The number of benzene rings is 1. The van der Waals surface area contributed by atoms with E-state index in [0.29, 0.717) is 5.75 Å². The first kappa shape index (κ1) is 12.1. The molecule has 1 rings (SSSR count). The van der Waals surface area contributed by atoms with Crippen LogP contribution in [-0.4, -0.2) is 5.11 Å². The van der Waals surface area contributed by atoms with Crippen LogP contribution in [0.5, 0.6) is 5.75 Å². The van der Waals surface area contributed by atoms with Crippen molar-refractivity contribution in [1.29, 1.82) is 0 Å². The predicted molar refractivity (Wildman–Crippen MR) is 63.8 cm³/mol. The summed E-state index contributed by atoms with van der Waals surface area (Å²) in [5.41, 5.74) is 7.16. The molecule has 0 heterocycles. The molecule has 0 radical (unpaired) electrons. The molecule has 0 aliphatic heterocycles. The minimum absolute atomic E-state index is 0.113. The van der Waals surface area contributed by atoms with E-state index in [1.54, 1.807) is 12.1 Å². The highest BCUT2D eigenvalue weighted by molar-refractivity contribution is 5.27. The molecule has 1 aromatic carbocycles. The highest BCUT2D eigenvalue weighted by Crippen LogP contribution is 2.19. The third kappa shape index (κ3) is 4.34. The van der Waals surface area contributed by atoms with Crippen molar-refractivity contribution in [2.45, 2.75) is 45.1 Å². The maximum Gasteiger partial charge on any atom is 0.115 e. The average Bonchev–Trinajstić information content (AvgIpc) is 2.25. The molecule has 0 amide bonds. The molecule has 3 N–H and O–H groups in total. The Kier molecular flexibility index (Phi) is 5.19. The molecular weight excluding hydrogens is 186 g/mol. The summed E-state index contributed by atoms with van der Waals surface area (Å²) in [7, 11) is 0. The van der Waals surface area contributed by atoms with Gasteiger partial charge in [0.05, 0.1) is 0 Å². The van der Waals surface area contributed by atoms with Gasteiger partial charge in [-0.1, -0.05) is 44.7 Å². The number of aromatic hydroxyl groups is 1. The van der Waals surface area contributed by atoms with Crippen LogP contribution in [0.25, 0.3) is 0 Å². The molecule has 0 saturated heterocycles. The number of phenols is 1. The quantitative estimate of drug-likeness (QED) is 0.702. The molecule has 0 aliphatic carbocycles. The number of hydrogen-bond acceptors (Lipinski definition) is 2. The summed E-state index contributed by atoms with van der Waals surface area (Å²) in [6.45, 7) is 2.21. The minimum atomic E-state index is 0.113. The third-order valence-electron chi connectivity index (χ3n) is 2.69. The Balaban J connectivity index is 2.33. The Labute approximate surface area is 92.1 Å². The van der Waals surface area contributed by atoms with E-state index in [1.165, 1.54) is 25.7 Å². The predicted octanol–water partition coefficient (Wildman–Crippen LogP) is 3.36. The maximum absolute atomic E-state index is 9.14. The van der Waals surface area contributed by atoms with Crippen LogP contribution in [-0.2, 0) is 0 Å². The molecule has 84 valence electrons. The summed E-state index contributed by atoms with van der Waals surface area (Å²) >= 11 is 0. The molecule has 1 atom stereocenters. The summed E-state index contributed by atoms with van der Waals surface area (Å²) in [4.78, 5) is 0. The van der Waals surface area contributed by atoms with Crippen LogP contribution in [0.3, 0.4) is 0 Å². The van der Waals surface area contributed by atoms with Crippen LogP contribution < -0.4 is 5.73 Å². The molecule has 0 spiro atoms. The number of unbranched alkanes of at least 4 members (excludes halogenated alkanes) is 3. The molecule has 0 saturated carbocycles. The third-order valence-corrected chi connectivity index (χ3v) is 2.69. The van der Waals surface area contributed by atoms with Gasteiger partial charge in [0.15, 0.2) is 0 Å². The van der Waals surface area contributed by atoms with E-state index in [-0.39, 0.29) is 6.04 Å². The van der Waals surface area contributed by atoms with Crippen molar-refractivity contribution in [3.63, 3.8) is 0 Å². The SMILES string of the molecule is CCCCCC[C@@H](N)c1ccc(O)cc1. The van der Waals surface area contributed by atoms with Gasteiger partial charge in [-0.05, 0) is 24.1 Å². The lowest BCUT2D eigenvalue weighted by molar-refractivity contribution is 0.474. The Hall–Kier alpha value is -1.02. The largest absolute Gasteiger partial charge is 0.508 e. The molecule has 2 nitrogen and oxygen atoms in total. The van der Waals surface area contributed by atoms with Crippen LogP contribution in [0.1, 0.15) is 50.6 Å². The molecule has 0 aliphatic rings.